The van der Waals surface area contributed by atoms with E-state index in [1.165, 1.54) is 0 Å². The summed E-state index contributed by atoms with van der Waals surface area (Å²) in [5.41, 5.74) is 7.90. The van der Waals surface area contributed by atoms with Crippen molar-refractivity contribution >= 4 is 28.5 Å². The molecule has 0 radical (unpaired) electrons. The van der Waals surface area contributed by atoms with Crippen LogP contribution in [0, 0.1) is 0 Å². The second kappa shape index (κ2) is 3.83. The lowest BCUT2D eigenvalue weighted by Gasteiger charge is -2.22. The van der Waals surface area contributed by atoms with Gasteiger partial charge in [-0.15, -0.1) is 0 Å². The van der Waals surface area contributed by atoms with E-state index in [4.69, 9.17) is 5.73 Å². The predicted octanol–water partition coefficient (Wildman–Crippen LogP) is 0.596. The number of aromatic nitrogens is 2. The van der Waals surface area contributed by atoms with Crippen LogP contribution in [-0.4, -0.2) is 21.4 Å². The van der Waals surface area contributed by atoms with Crippen molar-refractivity contribution in [1.82, 2.24) is 14.9 Å². The monoisotopic (exact) mass is 244 g/mol. The lowest BCUT2D eigenvalue weighted by Crippen LogP contribution is -2.41. The number of nitrogen functional groups attached to an aromatic ring is 1. The molecule has 0 saturated carbocycles. The van der Waals surface area contributed by atoms with Gasteiger partial charge in [-0.25, -0.2) is 4.98 Å². The van der Waals surface area contributed by atoms with E-state index in [-0.39, 0.29) is 11.8 Å². The van der Waals surface area contributed by atoms with E-state index < -0.39 is 6.04 Å². The van der Waals surface area contributed by atoms with Crippen LogP contribution in [0.4, 0.5) is 5.69 Å². The van der Waals surface area contributed by atoms with Gasteiger partial charge < -0.3 is 10.3 Å². The maximum atomic E-state index is 11.8. The summed E-state index contributed by atoms with van der Waals surface area (Å²) in [5, 5.41) is 2.34. The highest BCUT2D eigenvalue weighted by molar-refractivity contribution is 6.00. The average molecular weight is 244 g/mol. The zero-order valence-electron chi connectivity index (χ0n) is 9.59. The highest BCUT2D eigenvalue weighted by atomic mass is 16.2. The van der Waals surface area contributed by atoms with Crippen LogP contribution in [-0.2, 0) is 9.59 Å². The molecule has 1 unspecified atom stereocenters. The lowest BCUT2D eigenvalue weighted by atomic mass is 10.1. The van der Waals surface area contributed by atoms with Gasteiger partial charge in [0.1, 0.15) is 11.6 Å². The number of imidazole rings is 1. The number of anilines is 1. The van der Waals surface area contributed by atoms with Crippen molar-refractivity contribution in [2.75, 3.05) is 5.73 Å². The van der Waals surface area contributed by atoms with E-state index in [0.29, 0.717) is 24.0 Å². The maximum Gasteiger partial charge on any atom is 0.249 e. The molecule has 1 aromatic carbocycles. The Hall–Kier alpha value is -2.37. The van der Waals surface area contributed by atoms with Crippen LogP contribution in [0.3, 0.4) is 0 Å². The van der Waals surface area contributed by atoms with Gasteiger partial charge in [0.05, 0.1) is 17.5 Å². The Morgan fingerprint density at radius 3 is 3.00 bits per heavy atom. The molecule has 3 N–H and O–H groups in total. The van der Waals surface area contributed by atoms with E-state index in [0.717, 1.165) is 5.52 Å². The second-order valence-corrected chi connectivity index (χ2v) is 4.33. The molecule has 6 heteroatoms. The number of amides is 2. The smallest absolute Gasteiger partial charge is 0.249 e. The first-order valence-corrected chi connectivity index (χ1v) is 5.71. The minimum absolute atomic E-state index is 0.222. The van der Waals surface area contributed by atoms with Gasteiger partial charge in [-0.05, 0) is 18.6 Å². The Kier molecular flexibility index (Phi) is 2.29. The fraction of sp³-hybridized carbons (Fsp3) is 0.250. The molecular weight excluding hydrogens is 232 g/mol. The summed E-state index contributed by atoms with van der Waals surface area (Å²) in [5.74, 6) is -0.506. The normalized spacial score (nSPS) is 20.1. The molecule has 2 heterocycles. The van der Waals surface area contributed by atoms with Gasteiger partial charge >= 0.3 is 0 Å². The fourth-order valence-corrected chi connectivity index (χ4v) is 2.28. The number of piperidine rings is 1. The number of para-hydroxylation sites is 1. The number of hydrogen-bond acceptors (Lipinski definition) is 4. The van der Waals surface area contributed by atoms with Crippen molar-refractivity contribution in [1.29, 1.82) is 0 Å². The number of rotatable bonds is 1. The lowest BCUT2D eigenvalue weighted by molar-refractivity contribution is -0.135. The zero-order valence-corrected chi connectivity index (χ0v) is 9.59. The summed E-state index contributed by atoms with van der Waals surface area (Å²) >= 11 is 0. The summed E-state index contributed by atoms with van der Waals surface area (Å²) in [7, 11) is 0. The van der Waals surface area contributed by atoms with Crippen molar-refractivity contribution in [2.24, 2.45) is 0 Å². The molecule has 0 aliphatic carbocycles. The molecule has 2 aromatic rings. The third-order valence-electron chi connectivity index (χ3n) is 3.18. The van der Waals surface area contributed by atoms with Crippen molar-refractivity contribution < 1.29 is 9.59 Å². The van der Waals surface area contributed by atoms with Gasteiger partial charge in [-0.3, -0.25) is 14.9 Å². The molecule has 18 heavy (non-hydrogen) atoms. The van der Waals surface area contributed by atoms with Crippen LogP contribution in [0.2, 0.25) is 0 Å². The Labute approximate surface area is 103 Å². The Balaban J connectivity index is 2.07. The molecular formula is C12H12N4O2. The number of fused-ring (bicyclic) bond motifs is 1. The molecule has 1 aliphatic rings. The maximum absolute atomic E-state index is 11.8. The SMILES string of the molecule is Nc1cccc2c1ncn2C1CCC(=O)NC1=O. The van der Waals surface area contributed by atoms with Crippen molar-refractivity contribution in [3.05, 3.63) is 24.5 Å². The number of carbonyl (C=O) groups is 2. The number of imide groups is 1. The van der Waals surface area contributed by atoms with Crippen LogP contribution in [0.5, 0.6) is 0 Å². The molecule has 92 valence electrons. The van der Waals surface area contributed by atoms with E-state index >= 15 is 0 Å². The van der Waals surface area contributed by atoms with Crippen molar-refractivity contribution in [3.63, 3.8) is 0 Å². The zero-order chi connectivity index (χ0) is 12.7. The average Bonchev–Trinajstić information content (AvgIpc) is 2.74. The first kappa shape index (κ1) is 10.8. The van der Waals surface area contributed by atoms with E-state index in [9.17, 15) is 9.59 Å². The molecule has 1 aliphatic heterocycles. The van der Waals surface area contributed by atoms with Crippen LogP contribution in [0.1, 0.15) is 18.9 Å². The van der Waals surface area contributed by atoms with Crippen molar-refractivity contribution in [3.8, 4) is 0 Å². The van der Waals surface area contributed by atoms with Gasteiger partial charge in [-0.1, -0.05) is 6.07 Å². The first-order chi connectivity index (χ1) is 8.66. The minimum atomic E-state index is -0.394. The van der Waals surface area contributed by atoms with Crippen LogP contribution < -0.4 is 11.1 Å². The summed E-state index contributed by atoms with van der Waals surface area (Å²) in [6.07, 6.45) is 2.43. The number of hydrogen-bond donors (Lipinski definition) is 2. The molecule has 1 aromatic heterocycles. The van der Waals surface area contributed by atoms with Crippen LogP contribution in [0.25, 0.3) is 11.0 Å². The Morgan fingerprint density at radius 1 is 1.39 bits per heavy atom. The molecule has 0 bridgehead atoms. The van der Waals surface area contributed by atoms with Gasteiger partial charge in [0.2, 0.25) is 11.8 Å². The molecule has 0 spiro atoms. The number of benzene rings is 1. The topological polar surface area (TPSA) is 90.0 Å². The van der Waals surface area contributed by atoms with Gasteiger partial charge in [0.15, 0.2) is 0 Å². The Morgan fingerprint density at radius 2 is 2.22 bits per heavy atom. The minimum Gasteiger partial charge on any atom is -0.397 e. The first-order valence-electron chi connectivity index (χ1n) is 5.71. The van der Waals surface area contributed by atoms with E-state index in [1.54, 1.807) is 17.0 Å². The summed E-state index contributed by atoms with van der Waals surface area (Å²) in [4.78, 5) is 27.2. The largest absolute Gasteiger partial charge is 0.397 e. The summed E-state index contributed by atoms with van der Waals surface area (Å²) in [6.45, 7) is 0. The van der Waals surface area contributed by atoms with Crippen LogP contribution in [0.15, 0.2) is 24.5 Å². The molecule has 1 fully saturated rings. The van der Waals surface area contributed by atoms with Gasteiger partial charge in [0.25, 0.3) is 0 Å². The standard InChI is InChI=1S/C12H12N4O2/c13-7-2-1-3-8-11(7)14-6-16(8)9-4-5-10(17)15-12(9)18/h1-3,6,9H,4-5,13H2,(H,15,17,18). The quantitative estimate of drug-likeness (QED) is 0.567. The second-order valence-electron chi connectivity index (χ2n) is 4.33. The van der Waals surface area contributed by atoms with Gasteiger partial charge in [0, 0.05) is 6.42 Å². The molecule has 2 amide bonds. The van der Waals surface area contributed by atoms with E-state index in [1.807, 2.05) is 12.1 Å². The number of nitrogens with one attached hydrogen (secondary N) is 1. The molecule has 3 rings (SSSR count). The van der Waals surface area contributed by atoms with Crippen molar-refractivity contribution in [2.45, 2.75) is 18.9 Å². The molecule has 1 saturated heterocycles. The van der Waals surface area contributed by atoms with E-state index in [2.05, 4.69) is 10.3 Å². The third-order valence-corrected chi connectivity index (χ3v) is 3.18. The Bertz CT molecular complexity index is 647. The molecule has 6 nitrogen and oxygen atoms in total. The van der Waals surface area contributed by atoms with Gasteiger partial charge in [-0.2, -0.15) is 0 Å². The summed E-state index contributed by atoms with van der Waals surface area (Å²) in [6, 6.07) is 5.06. The van der Waals surface area contributed by atoms with Crippen LogP contribution >= 0.6 is 0 Å². The highest BCUT2D eigenvalue weighted by Gasteiger charge is 2.28. The number of nitrogens with two attached hydrogens (primary N) is 1. The molecule has 1 atom stereocenters. The summed E-state index contributed by atoms with van der Waals surface area (Å²) < 4.78 is 1.77. The highest BCUT2D eigenvalue weighted by Crippen LogP contribution is 2.26. The number of nitrogens with zero attached hydrogens (tertiary/aromatic N) is 2. The third kappa shape index (κ3) is 1.54. The fourth-order valence-electron chi connectivity index (χ4n) is 2.28. The number of carbonyl (C=O) groups excluding carboxylic acids is 2. The predicted molar refractivity (Wildman–Crippen MR) is 65.6 cm³/mol.